The van der Waals surface area contributed by atoms with Gasteiger partial charge in [0.05, 0.1) is 0 Å². The molecule has 0 bridgehead atoms. The van der Waals surface area contributed by atoms with Crippen LogP contribution in [0, 0.1) is 5.41 Å². The van der Waals surface area contributed by atoms with Crippen LogP contribution in [0.1, 0.15) is 6.42 Å². The number of methoxy groups -OCH3 is 2. The van der Waals surface area contributed by atoms with Gasteiger partial charge in [0.25, 0.3) is 0 Å². The molecule has 0 heterocycles. The van der Waals surface area contributed by atoms with Crippen molar-refractivity contribution in [3.05, 3.63) is 6.08 Å². The van der Waals surface area contributed by atoms with Crippen molar-refractivity contribution in [2.24, 2.45) is 0 Å². The Hall–Kier alpha value is -0.630. The molecule has 0 aliphatic carbocycles. The van der Waals surface area contributed by atoms with E-state index in [1.165, 1.54) is 0 Å². The van der Waals surface area contributed by atoms with Crippen molar-refractivity contribution in [2.75, 3.05) is 14.2 Å². The molecule has 0 unspecified atom stereocenters. The van der Waals surface area contributed by atoms with Crippen LogP contribution in [0.2, 0.25) is 0 Å². The van der Waals surface area contributed by atoms with Gasteiger partial charge < -0.3 is 9.47 Å². The first-order valence-electron chi connectivity index (χ1n) is 2.64. The van der Waals surface area contributed by atoms with Crippen LogP contribution in [0.3, 0.4) is 0 Å². The summed E-state index contributed by atoms with van der Waals surface area (Å²) in [4.78, 5) is 0. The molecule has 0 aromatic rings. The smallest absolute Gasteiger partial charge is 0.160 e. The van der Waals surface area contributed by atoms with Crippen LogP contribution in [0.5, 0.6) is 0 Å². The minimum Gasteiger partial charge on any atom is -0.356 e. The summed E-state index contributed by atoms with van der Waals surface area (Å²) in [5.41, 5.74) is 0. The fourth-order valence-electron chi connectivity index (χ4n) is 0.444. The zero-order valence-electron chi connectivity index (χ0n) is 5.68. The van der Waals surface area contributed by atoms with E-state index in [4.69, 9.17) is 14.9 Å². The maximum Gasteiger partial charge on any atom is 0.160 e. The number of nitrogens with one attached hydrogen (secondary N) is 1. The van der Waals surface area contributed by atoms with Crippen molar-refractivity contribution in [1.29, 1.82) is 5.41 Å². The standard InChI is InChI=1S/C6H11NO2/c1-8-6(9-2)4-3-5-7/h3,6-7H,4H2,1-2H3. The molecule has 0 aromatic carbocycles. The number of hydrogen-bond donors (Lipinski definition) is 1. The first-order valence-corrected chi connectivity index (χ1v) is 2.64. The molecule has 0 atom stereocenters. The molecule has 9 heavy (non-hydrogen) atoms. The molecule has 0 saturated carbocycles. The molecule has 52 valence electrons. The van der Waals surface area contributed by atoms with E-state index in [2.05, 4.69) is 5.87 Å². The van der Waals surface area contributed by atoms with E-state index in [9.17, 15) is 0 Å². The first-order chi connectivity index (χ1) is 4.35. The summed E-state index contributed by atoms with van der Waals surface area (Å²) in [6, 6.07) is 0. The van der Waals surface area contributed by atoms with Crippen LogP contribution in [-0.2, 0) is 9.47 Å². The van der Waals surface area contributed by atoms with Crippen molar-refractivity contribution >= 4 is 5.87 Å². The predicted octanol–water partition coefficient (Wildman–Crippen LogP) is 0.800. The van der Waals surface area contributed by atoms with Gasteiger partial charge in [0, 0.05) is 20.6 Å². The van der Waals surface area contributed by atoms with Crippen LogP contribution in [0.25, 0.3) is 0 Å². The molecule has 0 fully saturated rings. The maximum absolute atomic E-state index is 6.53. The van der Waals surface area contributed by atoms with Gasteiger partial charge in [-0.25, -0.2) is 0 Å². The van der Waals surface area contributed by atoms with Crippen LogP contribution >= 0.6 is 0 Å². The van der Waals surface area contributed by atoms with E-state index in [0.29, 0.717) is 6.42 Å². The van der Waals surface area contributed by atoms with E-state index in [0.717, 1.165) is 0 Å². The molecule has 3 nitrogen and oxygen atoms in total. The Bertz CT molecular complexity index is 104. The Morgan fingerprint density at radius 2 is 2.11 bits per heavy atom. The largest absolute Gasteiger partial charge is 0.356 e. The summed E-state index contributed by atoms with van der Waals surface area (Å²) >= 11 is 0. The molecular weight excluding hydrogens is 118 g/mol. The molecule has 0 rings (SSSR count). The molecule has 0 aliphatic heterocycles. The molecule has 3 heteroatoms. The van der Waals surface area contributed by atoms with Gasteiger partial charge in [-0.15, -0.1) is 0 Å². The Kier molecular flexibility index (Phi) is 5.12. The SMILES string of the molecule is COC(CC=C=N)OC. The van der Waals surface area contributed by atoms with Gasteiger partial charge >= 0.3 is 0 Å². The van der Waals surface area contributed by atoms with Gasteiger partial charge in [-0.3, -0.25) is 5.41 Å². The molecule has 0 saturated heterocycles. The lowest BCUT2D eigenvalue weighted by molar-refractivity contribution is -0.0984. The third-order valence-electron chi connectivity index (χ3n) is 0.938. The molecule has 0 amide bonds. The quantitative estimate of drug-likeness (QED) is 0.450. The second-order valence-corrected chi connectivity index (χ2v) is 1.49. The van der Waals surface area contributed by atoms with Gasteiger partial charge in [-0.1, -0.05) is 0 Å². The van der Waals surface area contributed by atoms with E-state index >= 15 is 0 Å². The van der Waals surface area contributed by atoms with Gasteiger partial charge in [-0.05, 0) is 11.9 Å². The first kappa shape index (κ1) is 8.37. The monoisotopic (exact) mass is 129 g/mol. The van der Waals surface area contributed by atoms with E-state index in [-0.39, 0.29) is 6.29 Å². The second kappa shape index (κ2) is 5.51. The lowest BCUT2D eigenvalue weighted by atomic mass is 10.4. The summed E-state index contributed by atoms with van der Waals surface area (Å²) in [6.07, 6.45) is 1.90. The molecule has 0 spiro atoms. The highest BCUT2D eigenvalue weighted by Gasteiger charge is 1.99. The average molecular weight is 129 g/mol. The summed E-state index contributed by atoms with van der Waals surface area (Å²) in [5.74, 6) is 2.13. The van der Waals surface area contributed by atoms with Crippen LogP contribution in [0.4, 0.5) is 0 Å². The zero-order valence-corrected chi connectivity index (χ0v) is 5.68. The Labute approximate surface area is 54.8 Å². The fraction of sp³-hybridized carbons (Fsp3) is 0.667. The summed E-state index contributed by atoms with van der Waals surface area (Å²) in [5, 5.41) is 6.53. The topological polar surface area (TPSA) is 42.3 Å². The average Bonchev–Trinajstić information content (AvgIpc) is 1.91. The lowest BCUT2D eigenvalue weighted by Crippen LogP contribution is -2.10. The summed E-state index contributed by atoms with van der Waals surface area (Å²) < 4.78 is 9.65. The van der Waals surface area contributed by atoms with Gasteiger partial charge in [0.2, 0.25) is 0 Å². The minimum absolute atomic E-state index is 0.233. The Balaban J connectivity index is 3.42. The molecule has 0 aromatic heterocycles. The van der Waals surface area contributed by atoms with Crippen molar-refractivity contribution in [3.8, 4) is 0 Å². The maximum atomic E-state index is 6.53. The van der Waals surface area contributed by atoms with E-state index in [1.807, 2.05) is 0 Å². The van der Waals surface area contributed by atoms with E-state index < -0.39 is 0 Å². The predicted molar refractivity (Wildman–Crippen MR) is 34.7 cm³/mol. The third kappa shape index (κ3) is 3.91. The second-order valence-electron chi connectivity index (χ2n) is 1.49. The van der Waals surface area contributed by atoms with Crippen molar-refractivity contribution < 1.29 is 9.47 Å². The molecule has 0 radical (unpaired) electrons. The summed E-state index contributed by atoms with van der Waals surface area (Å²) in [7, 11) is 3.12. The number of ether oxygens (including phenoxy) is 2. The summed E-state index contributed by atoms with van der Waals surface area (Å²) in [6.45, 7) is 0. The normalized spacial score (nSPS) is 9.22. The highest BCUT2D eigenvalue weighted by Crippen LogP contribution is 1.95. The number of rotatable bonds is 4. The Morgan fingerprint density at radius 3 is 2.44 bits per heavy atom. The van der Waals surface area contributed by atoms with Gasteiger partial charge in [0.15, 0.2) is 6.29 Å². The van der Waals surface area contributed by atoms with Crippen LogP contribution < -0.4 is 0 Å². The van der Waals surface area contributed by atoms with Crippen molar-refractivity contribution in [2.45, 2.75) is 12.7 Å². The van der Waals surface area contributed by atoms with Gasteiger partial charge in [-0.2, -0.15) is 0 Å². The number of hydrogen-bond acceptors (Lipinski definition) is 3. The third-order valence-corrected chi connectivity index (χ3v) is 0.938. The highest BCUT2D eigenvalue weighted by molar-refractivity contribution is 5.46. The fourth-order valence-corrected chi connectivity index (χ4v) is 0.444. The highest BCUT2D eigenvalue weighted by atomic mass is 16.7. The van der Waals surface area contributed by atoms with E-state index in [1.54, 1.807) is 20.3 Å². The van der Waals surface area contributed by atoms with Crippen molar-refractivity contribution in [3.63, 3.8) is 0 Å². The lowest BCUT2D eigenvalue weighted by Gasteiger charge is -2.08. The molecular formula is C6H11NO2. The molecule has 1 N–H and O–H groups in total. The van der Waals surface area contributed by atoms with Crippen LogP contribution in [0.15, 0.2) is 6.08 Å². The molecule has 0 aliphatic rings. The van der Waals surface area contributed by atoms with Crippen molar-refractivity contribution in [1.82, 2.24) is 0 Å². The van der Waals surface area contributed by atoms with Crippen LogP contribution in [-0.4, -0.2) is 26.4 Å². The zero-order chi connectivity index (χ0) is 7.11. The Morgan fingerprint density at radius 1 is 1.56 bits per heavy atom. The minimum atomic E-state index is -0.233. The van der Waals surface area contributed by atoms with Gasteiger partial charge in [0.1, 0.15) is 0 Å².